The number of aromatic nitrogens is 2. The van der Waals surface area contributed by atoms with Crippen LogP contribution in [0.2, 0.25) is 0 Å². The van der Waals surface area contributed by atoms with Crippen LogP contribution in [0.3, 0.4) is 0 Å². The van der Waals surface area contributed by atoms with Crippen molar-refractivity contribution in [3.8, 4) is 0 Å². The van der Waals surface area contributed by atoms with E-state index in [2.05, 4.69) is 30.5 Å². The molecule has 25 heavy (non-hydrogen) atoms. The highest BCUT2D eigenvalue weighted by Crippen LogP contribution is 2.33. The van der Waals surface area contributed by atoms with Crippen LogP contribution < -0.4 is 4.72 Å². The molecule has 0 bridgehead atoms. The summed E-state index contributed by atoms with van der Waals surface area (Å²) >= 11 is 1.34. The molecule has 1 saturated heterocycles. The van der Waals surface area contributed by atoms with E-state index in [0.29, 0.717) is 23.7 Å². The minimum atomic E-state index is -3.51. The van der Waals surface area contributed by atoms with E-state index >= 15 is 0 Å². The lowest BCUT2D eigenvalue weighted by atomic mass is 9.95. The summed E-state index contributed by atoms with van der Waals surface area (Å²) in [6.45, 7) is 6.78. The molecule has 6 nitrogen and oxygen atoms in total. The Labute approximate surface area is 153 Å². The minimum Gasteiger partial charge on any atom is -0.372 e. The van der Waals surface area contributed by atoms with E-state index in [1.807, 2.05) is 17.7 Å². The van der Waals surface area contributed by atoms with Crippen LogP contribution in [0.15, 0.2) is 28.9 Å². The van der Waals surface area contributed by atoms with Crippen molar-refractivity contribution in [1.82, 2.24) is 14.3 Å². The average Bonchev–Trinajstić information content (AvgIpc) is 3.15. The van der Waals surface area contributed by atoms with E-state index < -0.39 is 10.0 Å². The third-order valence-corrected chi connectivity index (χ3v) is 7.90. The number of ether oxygens (including phenoxy) is 1. The molecule has 2 atom stereocenters. The van der Waals surface area contributed by atoms with Gasteiger partial charge in [-0.3, -0.25) is 0 Å². The zero-order chi connectivity index (χ0) is 18.2. The van der Waals surface area contributed by atoms with E-state index in [1.54, 1.807) is 18.6 Å². The smallest absolute Gasteiger partial charge is 0.250 e. The third-order valence-electron chi connectivity index (χ3n) is 4.37. The Morgan fingerprint density at radius 2 is 2.12 bits per heavy atom. The molecular weight excluding hydrogens is 358 g/mol. The van der Waals surface area contributed by atoms with Crippen LogP contribution in [-0.4, -0.2) is 30.6 Å². The number of imidazole rings is 1. The minimum absolute atomic E-state index is 0.0538. The molecule has 0 saturated carbocycles. The summed E-state index contributed by atoms with van der Waals surface area (Å²) < 4.78 is 36.4. The first-order valence-electron chi connectivity index (χ1n) is 8.37. The molecule has 0 radical (unpaired) electrons. The molecule has 0 amide bonds. The van der Waals surface area contributed by atoms with Gasteiger partial charge in [0.1, 0.15) is 10.3 Å². The normalized spacial score (nSPS) is 22.2. The first kappa shape index (κ1) is 18.6. The summed E-state index contributed by atoms with van der Waals surface area (Å²) in [4.78, 5) is 5.18. The lowest BCUT2D eigenvalue weighted by Crippen LogP contribution is -2.39. The molecule has 1 aliphatic heterocycles. The second-order valence-corrected chi connectivity index (χ2v) is 10.5. The molecule has 3 rings (SSSR count). The fourth-order valence-corrected chi connectivity index (χ4v) is 5.60. The van der Waals surface area contributed by atoms with Crippen LogP contribution in [0.25, 0.3) is 0 Å². The van der Waals surface area contributed by atoms with Gasteiger partial charge in [0.05, 0.1) is 18.2 Å². The van der Waals surface area contributed by atoms with Crippen molar-refractivity contribution in [3.05, 3.63) is 35.2 Å². The van der Waals surface area contributed by atoms with Crippen molar-refractivity contribution in [3.63, 3.8) is 0 Å². The van der Waals surface area contributed by atoms with E-state index in [-0.39, 0.29) is 17.6 Å². The van der Waals surface area contributed by atoms with Crippen molar-refractivity contribution in [2.45, 2.75) is 55.4 Å². The second kappa shape index (κ2) is 6.83. The van der Waals surface area contributed by atoms with Crippen LogP contribution in [-0.2, 0) is 27.2 Å². The largest absolute Gasteiger partial charge is 0.372 e. The third kappa shape index (κ3) is 4.13. The first-order chi connectivity index (χ1) is 11.7. The number of sulfonamides is 1. The predicted octanol–water partition coefficient (Wildman–Crippen LogP) is 2.98. The molecule has 1 N–H and O–H groups in total. The summed E-state index contributed by atoms with van der Waals surface area (Å²) in [5.41, 5.74) is 0.914. The first-order valence-corrected chi connectivity index (χ1v) is 10.7. The van der Waals surface area contributed by atoms with Gasteiger partial charge in [-0.05, 0) is 30.4 Å². The number of nitrogens with zero attached hydrogens (tertiary/aromatic N) is 2. The Morgan fingerprint density at radius 3 is 2.72 bits per heavy atom. The van der Waals surface area contributed by atoms with E-state index in [9.17, 15) is 8.42 Å². The Bertz CT molecular complexity index is 833. The lowest BCUT2D eigenvalue weighted by Gasteiger charge is -2.29. The summed E-state index contributed by atoms with van der Waals surface area (Å²) in [7, 11) is -1.60. The van der Waals surface area contributed by atoms with Crippen LogP contribution in [0.4, 0.5) is 0 Å². The molecule has 3 heterocycles. The van der Waals surface area contributed by atoms with E-state index in [0.717, 1.165) is 10.6 Å². The molecule has 138 valence electrons. The Kier molecular flexibility index (Phi) is 5.07. The molecule has 1 fully saturated rings. The Balaban J connectivity index is 1.72. The second-order valence-electron chi connectivity index (χ2n) is 7.50. The van der Waals surface area contributed by atoms with Gasteiger partial charge in [-0.25, -0.2) is 18.1 Å². The summed E-state index contributed by atoms with van der Waals surface area (Å²) in [6, 6.07) is 3.46. The van der Waals surface area contributed by atoms with Gasteiger partial charge in [-0.1, -0.05) is 20.8 Å². The summed E-state index contributed by atoms with van der Waals surface area (Å²) in [5.74, 6) is 0. The number of rotatable bonds is 4. The number of nitrogens with one attached hydrogen (secondary N) is 1. The Hall–Kier alpha value is -1.22. The highest BCUT2D eigenvalue weighted by atomic mass is 32.2. The van der Waals surface area contributed by atoms with Gasteiger partial charge in [0, 0.05) is 24.6 Å². The molecule has 1 aliphatic rings. The van der Waals surface area contributed by atoms with Gasteiger partial charge in [0.2, 0.25) is 10.0 Å². The van der Waals surface area contributed by atoms with Crippen molar-refractivity contribution in [2.75, 3.05) is 6.61 Å². The molecule has 2 aromatic heterocycles. The maximum absolute atomic E-state index is 12.7. The van der Waals surface area contributed by atoms with Crippen molar-refractivity contribution in [2.24, 2.45) is 7.05 Å². The highest BCUT2D eigenvalue weighted by Gasteiger charge is 2.30. The van der Waals surface area contributed by atoms with Crippen molar-refractivity contribution >= 4 is 21.4 Å². The zero-order valence-corrected chi connectivity index (χ0v) is 16.7. The molecule has 8 heteroatoms. The van der Waals surface area contributed by atoms with Gasteiger partial charge in [-0.15, -0.1) is 11.3 Å². The van der Waals surface area contributed by atoms with Crippen LogP contribution in [0.5, 0.6) is 0 Å². The number of thiophene rings is 1. The van der Waals surface area contributed by atoms with Gasteiger partial charge < -0.3 is 9.30 Å². The van der Waals surface area contributed by atoms with Crippen molar-refractivity contribution < 1.29 is 13.2 Å². The number of hydrogen-bond acceptors (Lipinski definition) is 5. The quantitative estimate of drug-likeness (QED) is 0.881. The number of aryl methyl sites for hydroxylation is 1. The van der Waals surface area contributed by atoms with Gasteiger partial charge >= 0.3 is 0 Å². The maximum Gasteiger partial charge on any atom is 0.250 e. The molecule has 0 spiro atoms. The molecule has 0 aliphatic carbocycles. The molecule has 0 unspecified atom stereocenters. The standard InChI is InChI=1S/C17H25N3O3S2/c1-17(2,3)15-5-6-16(24-15)25(21,22)19-12-7-8-23-14(9-12)13-10-18-11-20(13)4/h5-6,10-12,14,19H,7-9H2,1-4H3/t12-,14-/m1/s1. The van der Waals surface area contributed by atoms with E-state index in [1.165, 1.54) is 11.3 Å². The fourth-order valence-electron chi connectivity index (χ4n) is 2.93. The predicted molar refractivity (Wildman–Crippen MR) is 98.3 cm³/mol. The summed E-state index contributed by atoms with van der Waals surface area (Å²) in [5, 5.41) is 0. The SMILES string of the molecule is Cn1cncc1[C@H]1C[C@H](NS(=O)(=O)c2ccc(C(C)(C)C)s2)CCO1. The van der Waals surface area contributed by atoms with Crippen LogP contribution >= 0.6 is 11.3 Å². The van der Waals surface area contributed by atoms with Gasteiger partial charge in [-0.2, -0.15) is 0 Å². The average molecular weight is 384 g/mol. The fraction of sp³-hybridized carbons (Fsp3) is 0.588. The molecular formula is C17H25N3O3S2. The van der Waals surface area contributed by atoms with E-state index in [4.69, 9.17) is 4.74 Å². The maximum atomic E-state index is 12.7. The topological polar surface area (TPSA) is 73.2 Å². The highest BCUT2D eigenvalue weighted by molar-refractivity contribution is 7.91. The van der Waals surface area contributed by atoms with Gasteiger partial charge in [0.25, 0.3) is 0 Å². The monoisotopic (exact) mass is 383 g/mol. The zero-order valence-electron chi connectivity index (χ0n) is 15.0. The Morgan fingerprint density at radius 1 is 1.36 bits per heavy atom. The van der Waals surface area contributed by atoms with Crippen LogP contribution in [0, 0.1) is 0 Å². The number of hydrogen-bond donors (Lipinski definition) is 1. The van der Waals surface area contributed by atoms with Crippen LogP contribution in [0.1, 0.15) is 50.3 Å². The summed E-state index contributed by atoms with van der Waals surface area (Å²) in [6.07, 6.45) is 4.65. The molecule has 0 aromatic carbocycles. The lowest BCUT2D eigenvalue weighted by molar-refractivity contribution is -0.0000363. The van der Waals surface area contributed by atoms with Crippen molar-refractivity contribution in [1.29, 1.82) is 0 Å². The molecule has 2 aromatic rings. The van der Waals surface area contributed by atoms with Gasteiger partial charge in [0.15, 0.2) is 0 Å².